The summed E-state index contributed by atoms with van der Waals surface area (Å²) in [6, 6.07) is 0. The molecular formula is C9H13FN4O. The van der Waals surface area contributed by atoms with Gasteiger partial charge in [0.25, 0.3) is 0 Å². The van der Waals surface area contributed by atoms with Gasteiger partial charge in [0.2, 0.25) is 5.95 Å². The Hall–Kier alpha value is -1.43. The number of aromatic nitrogens is 2. The van der Waals surface area contributed by atoms with Crippen molar-refractivity contribution in [2.45, 2.75) is 18.9 Å². The van der Waals surface area contributed by atoms with Crippen molar-refractivity contribution in [3.63, 3.8) is 0 Å². The smallest absolute Gasteiger partial charge is 0.222 e. The molecule has 1 aliphatic rings. The molecule has 82 valence electrons. The van der Waals surface area contributed by atoms with Gasteiger partial charge in [-0.2, -0.15) is 4.98 Å². The van der Waals surface area contributed by atoms with Crippen molar-refractivity contribution in [1.29, 1.82) is 0 Å². The van der Waals surface area contributed by atoms with Gasteiger partial charge in [0, 0.05) is 13.1 Å². The molecule has 0 aliphatic carbocycles. The molecule has 2 rings (SSSR count). The first-order valence-corrected chi connectivity index (χ1v) is 4.73. The number of aliphatic hydroxyl groups is 1. The summed E-state index contributed by atoms with van der Waals surface area (Å²) in [6.45, 7) is 2.65. The Bertz CT molecular complexity index is 382. The van der Waals surface area contributed by atoms with E-state index in [9.17, 15) is 9.50 Å². The molecule has 1 fully saturated rings. The molecule has 1 saturated heterocycles. The summed E-state index contributed by atoms with van der Waals surface area (Å²) in [5.74, 6) is -0.305. The molecule has 1 unspecified atom stereocenters. The van der Waals surface area contributed by atoms with Crippen LogP contribution in [0, 0.1) is 5.82 Å². The summed E-state index contributed by atoms with van der Waals surface area (Å²) in [4.78, 5) is 9.05. The first-order chi connectivity index (χ1) is 6.98. The molecule has 0 saturated carbocycles. The number of nitrogens with two attached hydrogens (primary N) is 1. The van der Waals surface area contributed by atoms with Crippen LogP contribution in [-0.4, -0.2) is 33.8 Å². The van der Waals surface area contributed by atoms with E-state index in [0.29, 0.717) is 19.5 Å². The predicted octanol–water partition coefficient (Wildman–Crippen LogP) is 0.159. The average Bonchev–Trinajstić information content (AvgIpc) is 2.50. The van der Waals surface area contributed by atoms with Crippen LogP contribution in [0.2, 0.25) is 0 Å². The van der Waals surface area contributed by atoms with Crippen molar-refractivity contribution in [1.82, 2.24) is 9.97 Å². The van der Waals surface area contributed by atoms with Gasteiger partial charge in [-0.1, -0.05) is 0 Å². The monoisotopic (exact) mass is 212 g/mol. The highest BCUT2D eigenvalue weighted by molar-refractivity contribution is 5.44. The SMILES string of the molecule is CC1(O)CCN(c2nc(N)ncc2F)C1. The second kappa shape index (κ2) is 3.30. The van der Waals surface area contributed by atoms with E-state index in [1.165, 1.54) is 0 Å². The summed E-state index contributed by atoms with van der Waals surface area (Å²) in [5.41, 5.74) is 4.60. The molecule has 1 aromatic heterocycles. The van der Waals surface area contributed by atoms with Crippen LogP contribution in [0.1, 0.15) is 13.3 Å². The summed E-state index contributed by atoms with van der Waals surface area (Å²) in [5, 5.41) is 9.75. The average molecular weight is 212 g/mol. The molecule has 3 N–H and O–H groups in total. The van der Waals surface area contributed by atoms with Crippen LogP contribution < -0.4 is 10.6 Å². The van der Waals surface area contributed by atoms with E-state index in [4.69, 9.17) is 5.73 Å². The molecule has 1 aromatic rings. The lowest BCUT2D eigenvalue weighted by molar-refractivity contribution is 0.0838. The zero-order chi connectivity index (χ0) is 11.1. The third-order valence-electron chi connectivity index (χ3n) is 2.50. The van der Waals surface area contributed by atoms with Crippen LogP contribution in [0.3, 0.4) is 0 Å². The van der Waals surface area contributed by atoms with E-state index in [0.717, 1.165) is 6.20 Å². The van der Waals surface area contributed by atoms with Gasteiger partial charge in [0.15, 0.2) is 11.6 Å². The third-order valence-corrected chi connectivity index (χ3v) is 2.50. The standard InChI is InChI=1S/C9H13FN4O/c1-9(15)2-3-14(5-9)7-6(10)4-12-8(11)13-7/h4,15H,2-3,5H2,1H3,(H2,11,12,13). The van der Waals surface area contributed by atoms with Crippen molar-refractivity contribution in [2.24, 2.45) is 0 Å². The number of halogens is 1. The van der Waals surface area contributed by atoms with Crippen molar-refractivity contribution in [3.8, 4) is 0 Å². The van der Waals surface area contributed by atoms with E-state index in [1.807, 2.05) is 0 Å². The quantitative estimate of drug-likeness (QED) is 0.693. The van der Waals surface area contributed by atoms with Crippen LogP contribution in [0.25, 0.3) is 0 Å². The van der Waals surface area contributed by atoms with Gasteiger partial charge in [-0.05, 0) is 13.3 Å². The lowest BCUT2D eigenvalue weighted by Crippen LogP contribution is -2.30. The fourth-order valence-corrected chi connectivity index (χ4v) is 1.72. The maximum absolute atomic E-state index is 13.4. The lowest BCUT2D eigenvalue weighted by atomic mass is 10.1. The molecule has 1 aliphatic heterocycles. The van der Waals surface area contributed by atoms with Crippen LogP contribution in [0.5, 0.6) is 0 Å². The van der Waals surface area contributed by atoms with Crippen LogP contribution in [0.4, 0.5) is 16.2 Å². The van der Waals surface area contributed by atoms with E-state index < -0.39 is 11.4 Å². The minimum Gasteiger partial charge on any atom is -0.388 e. The Morgan fingerprint density at radius 3 is 3.00 bits per heavy atom. The van der Waals surface area contributed by atoms with Gasteiger partial charge < -0.3 is 15.7 Å². The number of rotatable bonds is 1. The van der Waals surface area contributed by atoms with Gasteiger partial charge in [-0.25, -0.2) is 9.37 Å². The van der Waals surface area contributed by atoms with Crippen molar-refractivity contribution in [2.75, 3.05) is 23.7 Å². The molecule has 0 radical (unpaired) electrons. The van der Waals surface area contributed by atoms with Gasteiger partial charge >= 0.3 is 0 Å². The summed E-state index contributed by atoms with van der Waals surface area (Å²) < 4.78 is 13.4. The zero-order valence-corrected chi connectivity index (χ0v) is 8.44. The number of hydrogen-bond acceptors (Lipinski definition) is 5. The highest BCUT2D eigenvalue weighted by atomic mass is 19.1. The molecular weight excluding hydrogens is 199 g/mol. The van der Waals surface area contributed by atoms with Crippen molar-refractivity contribution in [3.05, 3.63) is 12.0 Å². The van der Waals surface area contributed by atoms with Crippen molar-refractivity contribution < 1.29 is 9.50 Å². The van der Waals surface area contributed by atoms with Gasteiger partial charge in [-0.3, -0.25) is 0 Å². The Morgan fingerprint density at radius 1 is 1.67 bits per heavy atom. The Balaban J connectivity index is 2.27. The number of hydrogen-bond donors (Lipinski definition) is 2. The molecule has 1 atom stereocenters. The third kappa shape index (κ3) is 1.99. The Morgan fingerprint density at radius 2 is 2.40 bits per heavy atom. The topological polar surface area (TPSA) is 75.3 Å². The van der Waals surface area contributed by atoms with Crippen molar-refractivity contribution >= 4 is 11.8 Å². The lowest BCUT2D eigenvalue weighted by Gasteiger charge is -2.20. The fraction of sp³-hybridized carbons (Fsp3) is 0.556. The summed E-state index contributed by atoms with van der Waals surface area (Å²) in [7, 11) is 0. The minimum absolute atomic E-state index is 0.0398. The second-order valence-electron chi connectivity index (χ2n) is 4.07. The molecule has 0 bridgehead atoms. The maximum Gasteiger partial charge on any atom is 0.222 e. The number of anilines is 2. The van der Waals surface area contributed by atoms with Gasteiger partial charge in [0.05, 0.1) is 11.8 Å². The molecule has 0 amide bonds. The normalized spacial score (nSPS) is 25.9. The highest BCUT2D eigenvalue weighted by Gasteiger charge is 2.33. The summed E-state index contributed by atoms with van der Waals surface area (Å²) in [6.07, 6.45) is 1.64. The van der Waals surface area contributed by atoms with E-state index in [-0.39, 0.29) is 11.8 Å². The Labute approximate surface area is 86.7 Å². The second-order valence-corrected chi connectivity index (χ2v) is 4.07. The Kier molecular flexibility index (Phi) is 2.22. The molecule has 2 heterocycles. The van der Waals surface area contributed by atoms with Gasteiger partial charge in [0.1, 0.15) is 0 Å². The molecule has 15 heavy (non-hydrogen) atoms. The van der Waals surface area contributed by atoms with Gasteiger partial charge in [-0.15, -0.1) is 0 Å². The van der Waals surface area contributed by atoms with E-state index >= 15 is 0 Å². The molecule has 0 spiro atoms. The van der Waals surface area contributed by atoms with E-state index in [2.05, 4.69) is 9.97 Å². The maximum atomic E-state index is 13.4. The number of nitrogens with zero attached hydrogens (tertiary/aromatic N) is 3. The zero-order valence-electron chi connectivity index (χ0n) is 8.44. The fourth-order valence-electron chi connectivity index (χ4n) is 1.72. The van der Waals surface area contributed by atoms with Crippen LogP contribution in [-0.2, 0) is 0 Å². The molecule has 5 nitrogen and oxygen atoms in total. The largest absolute Gasteiger partial charge is 0.388 e. The first kappa shape index (κ1) is 10.1. The number of nitrogen functional groups attached to an aromatic ring is 1. The minimum atomic E-state index is -0.786. The number of β-amino-alcohol motifs (C(OH)–C–C–N with tert-alkyl or cyclic N) is 1. The van der Waals surface area contributed by atoms with E-state index in [1.54, 1.807) is 11.8 Å². The van der Waals surface area contributed by atoms with Crippen LogP contribution in [0.15, 0.2) is 6.20 Å². The summed E-state index contributed by atoms with van der Waals surface area (Å²) >= 11 is 0. The predicted molar refractivity (Wildman–Crippen MR) is 53.9 cm³/mol. The first-order valence-electron chi connectivity index (χ1n) is 4.73. The molecule has 6 heteroatoms. The van der Waals surface area contributed by atoms with Crippen LogP contribution >= 0.6 is 0 Å². The highest BCUT2D eigenvalue weighted by Crippen LogP contribution is 2.26. The molecule has 0 aromatic carbocycles.